The van der Waals surface area contributed by atoms with E-state index in [0.29, 0.717) is 0 Å². The van der Waals surface area contributed by atoms with Crippen molar-refractivity contribution < 1.29 is 0 Å². The van der Waals surface area contributed by atoms with E-state index >= 15 is 0 Å². The summed E-state index contributed by atoms with van der Waals surface area (Å²) in [6.07, 6.45) is 8.48. The van der Waals surface area contributed by atoms with Crippen LogP contribution in [0.15, 0.2) is 0 Å². The van der Waals surface area contributed by atoms with Crippen LogP contribution in [0.25, 0.3) is 0 Å². The Hall–Kier alpha value is 0. The van der Waals surface area contributed by atoms with E-state index in [1.165, 1.54) is 38.5 Å². The van der Waals surface area contributed by atoms with Gasteiger partial charge in [-0.2, -0.15) is 0 Å². The van der Waals surface area contributed by atoms with Gasteiger partial charge in [-0.3, -0.25) is 0 Å². The maximum absolute atomic E-state index is 2.35. The first-order valence-corrected chi connectivity index (χ1v) is 5.81. The topological polar surface area (TPSA) is 0 Å². The molecule has 1 atom stereocenters. The number of hydrogen-bond acceptors (Lipinski definition) is 0. The summed E-state index contributed by atoms with van der Waals surface area (Å²) in [5.41, 5.74) is 0. The Morgan fingerprint density at radius 2 is 1.46 bits per heavy atom. The Balaban J connectivity index is -0.000000309. The molecule has 0 saturated carbocycles. The highest BCUT2D eigenvalue weighted by Gasteiger charge is 1.96. The largest absolute Gasteiger partial charge is 0.0776 e. The Morgan fingerprint density at radius 1 is 0.923 bits per heavy atom. The van der Waals surface area contributed by atoms with Gasteiger partial charge in [0.2, 0.25) is 0 Å². The predicted octanol–water partition coefficient (Wildman–Crippen LogP) is 5.67. The molecule has 0 amide bonds. The Kier molecular flexibility index (Phi) is 25.8. The summed E-state index contributed by atoms with van der Waals surface area (Å²) >= 11 is 0. The molecule has 0 aromatic heterocycles. The zero-order chi connectivity index (χ0) is 9.82. The third-order valence-electron chi connectivity index (χ3n) is 2.25. The van der Waals surface area contributed by atoms with Crippen LogP contribution in [0.2, 0.25) is 0 Å². The SMILES string of the molecule is C.CC.CCCCCCC(C)CC. The summed E-state index contributed by atoms with van der Waals surface area (Å²) in [6, 6.07) is 0. The van der Waals surface area contributed by atoms with E-state index in [4.69, 9.17) is 0 Å². The Morgan fingerprint density at radius 3 is 1.85 bits per heavy atom. The van der Waals surface area contributed by atoms with Crippen molar-refractivity contribution in [2.45, 2.75) is 80.6 Å². The fourth-order valence-corrected chi connectivity index (χ4v) is 1.12. The van der Waals surface area contributed by atoms with Crippen molar-refractivity contribution in [1.29, 1.82) is 0 Å². The van der Waals surface area contributed by atoms with Crippen molar-refractivity contribution >= 4 is 0 Å². The average Bonchev–Trinajstić information content (AvgIpc) is 2.15. The van der Waals surface area contributed by atoms with Crippen LogP contribution in [0.5, 0.6) is 0 Å². The second-order valence-corrected chi connectivity index (χ2v) is 3.36. The molecule has 0 aromatic carbocycles. The van der Waals surface area contributed by atoms with Gasteiger partial charge in [-0.15, -0.1) is 0 Å². The molecule has 0 aliphatic heterocycles. The van der Waals surface area contributed by atoms with Crippen LogP contribution in [-0.2, 0) is 0 Å². The highest BCUT2D eigenvalue weighted by Crippen LogP contribution is 2.12. The zero-order valence-corrected chi connectivity index (χ0v) is 9.82. The van der Waals surface area contributed by atoms with Crippen molar-refractivity contribution in [3.05, 3.63) is 0 Å². The third-order valence-corrected chi connectivity index (χ3v) is 2.25. The highest BCUT2D eigenvalue weighted by atomic mass is 14.0. The number of rotatable bonds is 6. The van der Waals surface area contributed by atoms with Crippen LogP contribution in [0.4, 0.5) is 0 Å². The van der Waals surface area contributed by atoms with Gasteiger partial charge in [-0.25, -0.2) is 0 Å². The van der Waals surface area contributed by atoms with Gasteiger partial charge in [0.15, 0.2) is 0 Å². The summed E-state index contributed by atoms with van der Waals surface area (Å²) in [5.74, 6) is 0.955. The fraction of sp³-hybridized carbons (Fsp3) is 1.00. The maximum atomic E-state index is 2.35. The molecular weight excluding hydrogens is 156 g/mol. The quantitative estimate of drug-likeness (QED) is 0.471. The lowest BCUT2D eigenvalue weighted by Crippen LogP contribution is -1.91. The summed E-state index contributed by atoms with van der Waals surface area (Å²) < 4.78 is 0. The lowest BCUT2D eigenvalue weighted by molar-refractivity contribution is 0.477. The minimum atomic E-state index is 0. The first kappa shape index (κ1) is 18.7. The minimum Gasteiger partial charge on any atom is -0.0776 e. The Labute approximate surface area is 87.1 Å². The van der Waals surface area contributed by atoms with Gasteiger partial charge in [0.05, 0.1) is 0 Å². The normalized spacial score (nSPS) is 10.8. The van der Waals surface area contributed by atoms with Gasteiger partial charge < -0.3 is 0 Å². The first-order valence-electron chi connectivity index (χ1n) is 5.81. The molecule has 0 bridgehead atoms. The van der Waals surface area contributed by atoms with Crippen LogP contribution in [-0.4, -0.2) is 0 Å². The molecule has 0 heterocycles. The molecular formula is C13H32. The van der Waals surface area contributed by atoms with E-state index in [1.54, 1.807) is 0 Å². The molecule has 0 heteroatoms. The van der Waals surface area contributed by atoms with E-state index in [2.05, 4.69) is 20.8 Å². The first-order chi connectivity index (χ1) is 5.81. The molecule has 0 aromatic rings. The molecule has 1 unspecified atom stereocenters. The van der Waals surface area contributed by atoms with E-state index in [9.17, 15) is 0 Å². The van der Waals surface area contributed by atoms with Gasteiger partial charge in [0, 0.05) is 0 Å². The van der Waals surface area contributed by atoms with Crippen molar-refractivity contribution in [3.8, 4) is 0 Å². The van der Waals surface area contributed by atoms with Crippen molar-refractivity contribution in [1.82, 2.24) is 0 Å². The highest BCUT2D eigenvalue weighted by molar-refractivity contribution is 4.50. The van der Waals surface area contributed by atoms with Crippen LogP contribution in [0.3, 0.4) is 0 Å². The van der Waals surface area contributed by atoms with Gasteiger partial charge in [0.25, 0.3) is 0 Å². The third kappa shape index (κ3) is 18.8. The van der Waals surface area contributed by atoms with Crippen LogP contribution in [0, 0.1) is 5.92 Å². The standard InChI is InChI=1S/C10H22.C2H6.CH4/c1-4-6-7-8-9-10(3)5-2;1-2;/h10H,4-9H2,1-3H3;1-2H3;1H4. The monoisotopic (exact) mass is 188 g/mol. The van der Waals surface area contributed by atoms with Gasteiger partial charge in [0.1, 0.15) is 0 Å². The molecule has 0 fully saturated rings. The van der Waals surface area contributed by atoms with Crippen molar-refractivity contribution in [3.63, 3.8) is 0 Å². The molecule has 0 spiro atoms. The summed E-state index contributed by atoms with van der Waals surface area (Å²) in [6.45, 7) is 10.9. The van der Waals surface area contributed by atoms with E-state index in [-0.39, 0.29) is 7.43 Å². The van der Waals surface area contributed by atoms with Gasteiger partial charge in [-0.1, -0.05) is 80.6 Å². The predicted molar refractivity (Wildman–Crippen MR) is 66.3 cm³/mol. The maximum Gasteiger partial charge on any atom is -0.0445 e. The molecule has 84 valence electrons. The van der Waals surface area contributed by atoms with Crippen LogP contribution >= 0.6 is 0 Å². The number of unbranched alkanes of at least 4 members (excludes halogenated alkanes) is 3. The smallest absolute Gasteiger partial charge is 0.0445 e. The lowest BCUT2D eigenvalue weighted by Gasteiger charge is -2.06. The summed E-state index contributed by atoms with van der Waals surface area (Å²) in [4.78, 5) is 0. The summed E-state index contributed by atoms with van der Waals surface area (Å²) in [5, 5.41) is 0. The number of hydrogen-bond donors (Lipinski definition) is 0. The van der Waals surface area contributed by atoms with E-state index in [1.807, 2.05) is 13.8 Å². The second-order valence-electron chi connectivity index (χ2n) is 3.36. The van der Waals surface area contributed by atoms with E-state index < -0.39 is 0 Å². The minimum absolute atomic E-state index is 0. The fourth-order valence-electron chi connectivity index (χ4n) is 1.12. The lowest BCUT2D eigenvalue weighted by atomic mass is 10.0. The second kappa shape index (κ2) is 17.9. The molecule has 0 N–H and O–H groups in total. The van der Waals surface area contributed by atoms with Gasteiger partial charge >= 0.3 is 0 Å². The summed E-state index contributed by atoms with van der Waals surface area (Å²) in [7, 11) is 0. The molecule has 0 rings (SSSR count). The van der Waals surface area contributed by atoms with Crippen molar-refractivity contribution in [2.75, 3.05) is 0 Å². The molecule has 0 radical (unpaired) electrons. The molecule has 0 aliphatic carbocycles. The average molecular weight is 188 g/mol. The van der Waals surface area contributed by atoms with Crippen molar-refractivity contribution in [2.24, 2.45) is 5.92 Å². The molecule has 0 aliphatic rings. The van der Waals surface area contributed by atoms with E-state index in [0.717, 1.165) is 5.92 Å². The molecule has 0 nitrogen and oxygen atoms in total. The zero-order valence-electron chi connectivity index (χ0n) is 9.82. The van der Waals surface area contributed by atoms with Gasteiger partial charge in [-0.05, 0) is 5.92 Å². The Bertz CT molecular complexity index is 57.1. The van der Waals surface area contributed by atoms with Crippen LogP contribution in [0.1, 0.15) is 80.6 Å². The molecule has 13 heavy (non-hydrogen) atoms. The van der Waals surface area contributed by atoms with Crippen LogP contribution < -0.4 is 0 Å². The molecule has 0 saturated heterocycles.